The molecule has 6 nitrogen and oxygen atoms in total. The zero-order valence-electron chi connectivity index (χ0n) is 11.1. The molecule has 1 aliphatic carbocycles. The maximum absolute atomic E-state index is 12.3. The van der Waals surface area contributed by atoms with Crippen LogP contribution in [-0.4, -0.2) is 34.4 Å². The summed E-state index contributed by atoms with van der Waals surface area (Å²) in [6.45, 7) is 2.07. The van der Waals surface area contributed by atoms with Crippen molar-refractivity contribution < 1.29 is 4.79 Å². The molecule has 0 bridgehead atoms. The Balaban J connectivity index is 1.47. The average molecular weight is 271 g/mol. The number of piperidine rings is 1. The standard InChI is InChI=1S/C14H17N5O/c20-13(10-8-14(10)3-5-15-6-4-14)16-9-1-2-11-12(7-9)18-19-17-11/h1-2,7,10,15H,3-6,8H2,(H,16,20)(H,17,18,19). The minimum Gasteiger partial charge on any atom is -0.326 e. The molecule has 4 rings (SSSR count). The van der Waals surface area contributed by atoms with Crippen LogP contribution in [-0.2, 0) is 4.79 Å². The molecule has 1 unspecified atom stereocenters. The summed E-state index contributed by atoms with van der Waals surface area (Å²) in [6, 6.07) is 5.59. The van der Waals surface area contributed by atoms with Crippen molar-refractivity contribution in [2.45, 2.75) is 19.3 Å². The summed E-state index contributed by atoms with van der Waals surface area (Å²) < 4.78 is 0. The number of hydrogen-bond donors (Lipinski definition) is 3. The molecule has 1 saturated heterocycles. The number of aromatic amines is 1. The van der Waals surface area contributed by atoms with Crippen LogP contribution in [0.5, 0.6) is 0 Å². The van der Waals surface area contributed by atoms with Crippen molar-refractivity contribution in [2.24, 2.45) is 11.3 Å². The normalized spacial score (nSPS) is 23.9. The van der Waals surface area contributed by atoms with Gasteiger partial charge in [-0.05, 0) is 56.0 Å². The van der Waals surface area contributed by atoms with Crippen molar-refractivity contribution in [2.75, 3.05) is 18.4 Å². The van der Waals surface area contributed by atoms with E-state index in [-0.39, 0.29) is 17.2 Å². The number of carbonyl (C=O) groups excluding carboxylic acids is 1. The van der Waals surface area contributed by atoms with Gasteiger partial charge >= 0.3 is 0 Å². The summed E-state index contributed by atoms with van der Waals surface area (Å²) in [5, 5.41) is 17.0. The van der Waals surface area contributed by atoms with Crippen LogP contribution in [0.15, 0.2) is 18.2 Å². The van der Waals surface area contributed by atoms with E-state index in [1.165, 1.54) is 0 Å². The SMILES string of the molecule is O=C(Nc1ccc2n[nH]nc2c1)C1CC12CCNCC2. The summed E-state index contributed by atoms with van der Waals surface area (Å²) in [5.41, 5.74) is 2.65. The van der Waals surface area contributed by atoms with E-state index in [1.807, 2.05) is 18.2 Å². The Morgan fingerprint density at radius 2 is 2.05 bits per heavy atom. The molecule has 2 aromatic rings. The highest BCUT2D eigenvalue weighted by molar-refractivity contribution is 5.96. The van der Waals surface area contributed by atoms with Crippen LogP contribution in [0.25, 0.3) is 11.0 Å². The van der Waals surface area contributed by atoms with Gasteiger partial charge in [0.2, 0.25) is 5.91 Å². The second-order valence-corrected chi connectivity index (χ2v) is 5.89. The van der Waals surface area contributed by atoms with Crippen LogP contribution in [0.1, 0.15) is 19.3 Å². The second kappa shape index (κ2) is 4.28. The molecular weight excluding hydrogens is 254 g/mol. The first kappa shape index (κ1) is 11.8. The van der Waals surface area contributed by atoms with Gasteiger partial charge in [0.25, 0.3) is 0 Å². The van der Waals surface area contributed by atoms with Gasteiger partial charge in [0.15, 0.2) is 0 Å². The van der Waals surface area contributed by atoms with Crippen LogP contribution >= 0.6 is 0 Å². The maximum atomic E-state index is 12.3. The molecule has 2 fully saturated rings. The molecule has 1 amide bonds. The number of benzene rings is 1. The zero-order valence-corrected chi connectivity index (χ0v) is 11.1. The van der Waals surface area contributed by atoms with Gasteiger partial charge in [-0.15, -0.1) is 0 Å². The fourth-order valence-corrected chi connectivity index (χ4v) is 3.34. The van der Waals surface area contributed by atoms with E-state index >= 15 is 0 Å². The topological polar surface area (TPSA) is 82.7 Å². The Bertz CT molecular complexity index is 658. The van der Waals surface area contributed by atoms with Crippen molar-refractivity contribution in [3.63, 3.8) is 0 Å². The Hall–Kier alpha value is -1.95. The number of nitrogens with zero attached hydrogens (tertiary/aromatic N) is 2. The monoisotopic (exact) mass is 271 g/mol. The second-order valence-electron chi connectivity index (χ2n) is 5.89. The van der Waals surface area contributed by atoms with Crippen molar-refractivity contribution in [1.82, 2.24) is 20.7 Å². The lowest BCUT2D eigenvalue weighted by Gasteiger charge is -2.23. The highest BCUT2D eigenvalue weighted by Gasteiger charge is 2.57. The molecular formula is C14H17N5O. The fourth-order valence-electron chi connectivity index (χ4n) is 3.34. The molecule has 6 heteroatoms. The number of H-pyrrole nitrogens is 1. The number of nitrogens with one attached hydrogen (secondary N) is 3. The molecule has 1 aliphatic heterocycles. The number of rotatable bonds is 2. The predicted octanol–water partition coefficient (Wildman–Crippen LogP) is 1.29. The quantitative estimate of drug-likeness (QED) is 0.768. The van der Waals surface area contributed by atoms with E-state index in [2.05, 4.69) is 26.0 Å². The van der Waals surface area contributed by atoms with E-state index in [4.69, 9.17) is 0 Å². The molecule has 1 atom stereocenters. The molecule has 3 N–H and O–H groups in total. The zero-order chi connectivity index (χ0) is 13.6. The number of hydrogen-bond acceptors (Lipinski definition) is 4. The smallest absolute Gasteiger partial charge is 0.228 e. The van der Waals surface area contributed by atoms with E-state index in [0.717, 1.165) is 49.1 Å². The van der Waals surface area contributed by atoms with Crippen molar-refractivity contribution in [3.05, 3.63) is 18.2 Å². The number of anilines is 1. The molecule has 2 aliphatic rings. The number of fused-ring (bicyclic) bond motifs is 1. The minimum atomic E-state index is 0.148. The van der Waals surface area contributed by atoms with Crippen LogP contribution < -0.4 is 10.6 Å². The van der Waals surface area contributed by atoms with Gasteiger partial charge in [-0.3, -0.25) is 4.79 Å². The van der Waals surface area contributed by atoms with E-state index < -0.39 is 0 Å². The first-order valence-electron chi connectivity index (χ1n) is 7.09. The average Bonchev–Trinajstić information content (AvgIpc) is 2.96. The van der Waals surface area contributed by atoms with E-state index in [0.29, 0.717) is 0 Å². The first-order chi connectivity index (χ1) is 9.77. The molecule has 1 aromatic heterocycles. The lowest BCUT2D eigenvalue weighted by atomic mass is 9.92. The highest BCUT2D eigenvalue weighted by atomic mass is 16.2. The molecule has 1 aromatic carbocycles. The largest absolute Gasteiger partial charge is 0.326 e. The van der Waals surface area contributed by atoms with Crippen LogP contribution in [0.3, 0.4) is 0 Å². The van der Waals surface area contributed by atoms with Gasteiger partial charge in [-0.2, -0.15) is 15.4 Å². The summed E-state index contributed by atoms with van der Waals surface area (Å²) in [7, 11) is 0. The molecule has 2 heterocycles. The first-order valence-corrected chi connectivity index (χ1v) is 7.09. The molecule has 1 spiro atoms. The molecule has 0 radical (unpaired) electrons. The van der Waals surface area contributed by atoms with Crippen molar-refractivity contribution in [3.8, 4) is 0 Å². The third-order valence-corrected chi connectivity index (χ3v) is 4.69. The van der Waals surface area contributed by atoms with Gasteiger partial charge in [-0.25, -0.2) is 0 Å². The summed E-state index contributed by atoms with van der Waals surface area (Å²) in [6.07, 6.45) is 3.27. The lowest BCUT2D eigenvalue weighted by Crippen LogP contribution is -2.31. The Labute approximate surface area is 116 Å². The van der Waals surface area contributed by atoms with Gasteiger partial charge in [-0.1, -0.05) is 0 Å². The highest BCUT2D eigenvalue weighted by Crippen LogP contribution is 2.58. The molecule has 20 heavy (non-hydrogen) atoms. The third-order valence-electron chi connectivity index (χ3n) is 4.69. The Morgan fingerprint density at radius 3 is 2.90 bits per heavy atom. The van der Waals surface area contributed by atoms with E-state index in [1.54, 1.807) is 0 Å². The maximum Gasteiger partial charge on any atom is 0.228 e. The summed E-state index contributed by atoms with van der Waals surface area (Å²) in [4.78, 5) is 12.3. The predicted molar refractivity (Wildman–Crippen MR) is 75.2 cm³/mol. The Kier molecular flexibility index (Phi) is 2.53. The van der Waals surface area contributed by atoms with Crippen LogP contribution in [0.2, 0.25) is 0 Å². The van der Waals surface area contributed by atoms with Gasteiger partial charge in [0.1, 0.15) is 11.0 Å². The number of aromatic nitrogens is 3. The van der Waals surface area contributed by atoms with Gasteiger partial charge < -0.3 is 10.6 Å². The van der Waals surface area contributed by atoms with Crippen molar-refractivity contribution >= 4 is 22.6 Å². The third kappa shape index (κ3) is 1.87. The number of amides is 1. The van der Waals surface area contributed by atoms with E-state index in [9.17, 15) is 4.79 Å². The van der Waals surface area contributed by atoms with Crippen molar-refractivity contribution in [1.29, 1.82) is 0 Å². The number of carbonyl (C=O) groups is 1. The summed E-state index contributed by atoms with van der Waals surface area (Å²) in [5.74, 6) is 0.326. The Morgan fingerprint density at radius 1 is 1.25 bits per heavy atom. The molecule has 1 saturated carbocycles. The van der Waals surface area contributed by atoms with Gasteiger partial charge in [0.05, 0.1) is 0 Å². The summed E-state index contributed by atoms with van der Waals surface area (Å²) >= 11 is 0. The van der Waals surface area contributed by atoms with Gasteiger partial charge in [0, 0.05) is 11.6 Å². The lowest BCUT2D eigenvalue weighted by molar-refractivity contribution is -0.118. The van der Waals surface area contributed by atoms with Crippen LogP contribution in [0.4, 0.5) is 5.69 Å². The van der Waals surface area contributed by atoms with Crippen LogP contribution in [0, 0.1) is 11.3 Å². The molecule has 104 valence electrons. The fraction of sp³-hybridized carbons (Fsp3) is 0.500. The minimum absolute atomic E-state index is 0.148.